The van der Waals surface area contributed by atoms with E-state index in [9.17, 15) is 18.1 Å². The van der Waals surface area contributed by atoms with Crippen LogP contribution in [0.1, 0.15) is 70.3 Å². The fourth-order valence-corrected chi connectivity index (χ4v) is 3.89. The van der Waals surface area contributed by atoms with Crippen molar-refractivity contribution in [2.45, 2.75) is 76.0 Å². The Labute approximate surface area is 223 Å². The van der Waals surface area contributed by atoms with E-state index in [2.05, 4.69) is 6.92 Å². The van der Waals surface area contributed by atoms with Gasteiger partial charge in [0.15, 0.2) is 0 Å². The number of para-hydroxylation sites is 1. The first-order valence-electron chi connectivity index (χ1n) is 10.5. The summed E-state index contributed by atoms with van der Waals surface area (Å²) in [4.78, 5) is -0.653. The average Bonchev–Trinajstić information content (AvgIpc) is 2.68. The number of hydrogen-bond donors (Lipinski definition) is 1. The molecule has 0 aliphatic heterocycles. The maximum atomic E-state index is 12.2. The zero-order valence-corrected chi connectivity index (χ0v) is 22.0. The van der Waals surface area contributed by atoms with Gasteiger partial charge in [-0.2, -0.15) is 8.42 Å². The van der Waals surface area contributed by atoms with Gasteiger partial charge in [-0.15, -0.1) is 0 Å². The number of unbranched alkanes of at least 4 members (excludes halogenated alkanes) is 8. The molecule has 1 N–H and O–H groups in total. The molecule has 0 bridgehead atoms. The van der Waals surface area contributed by atoms with Crippen LogP contribution in [0.4, 0.5) is 0 Å². The summed E-state index contributed by atoms with van der Waals surface area (Å²) in [5, 5.41) is 12.2. The molecule has 2 rings (SSSR count). The zero-order valence-electron chi connectivity index (χ0n) is 18.1. The van der Waals surface area contributed by atoms with Crippen LogP contribution in [0.3, 0.4) is 0 Å². The van der Waals surface area contributed by atoms with Crippen molar-refractivity contribution in [2.75, 3.05) is 0 Å². The smallest absolute Gasteiger partial charge is 0.872 e. The first-order chi connectivity index (χ1) is 13.9. The second-order valence-electron chi connectivity index (χ2n) is 7.38. The van der Waals surface area contributed by atoms with Gasteiger partial charge in [-0.25, -0.2) is 0 Å². The van der Waals surface area contributed by atoms with Crippen molar-refractivity contribution in [1.82, 2.24) is 0 Å². The fourth-order valence-electron chi connectivity index (χ4n) is 3.32. The van der Waals surface area contributed by atoms with Crippen molar-refractivity contribution in [3.05, 3.63) is 48.0 Å². The van der Waals surface area contributed by atoms with Crippen molar-refractivity contribution >= 4 is 10.1 Å². The molecule has 2 aromatic carbocycles. The quantitative estimate of drug-likeness (QED) is 0.283. The number of ether oxygens (including phenoxy) is 1. The summed E-state index contributed by atoms with van der Waals surface area (Å²) >= 11 is 0. The van der Waals surface area contributed by atoms with Crippen LogP contribution >= 0.6 is 0 Å². The topological polar surface area (TPSA) is 86.7 Å². The number of benzene rings is 2. The second kappa shape index (κ2) is 14.6. The van der Waals surface area contributed by atoms with Crippen LogP contribution in [0.5, 0.6) is 17.2 Å². The van der Waals surface area contributed by atoms with Gasteiger partial charge in [-0.3, -0.25) is 4.55 Å². The molecule has 0 saturated heterocycles. The Morgan fingerprint density at radius 1 is 0.900 bits per heavy atom. The van der Waals surface area contributed by atoms with Crippen LogP contribution in [0.25, 0.3) is 0 Å². The molecule has 0 amide bonds. The third kappa shape index (κ3) is 9.81. The van der Waals surface area contributed by atoms with E-state index < -0.39 is 20.8 Å². The van der Waals surface area contributed by atoms with Gasteiger partial charge in [0.25, 0.3) is 10.1 Å². The molecule has 0 aliphatic rings. The average molecular weight is 459 g/mol. The first-order valence-corrected chi connectivity index (χ1v) is 11.9. The Morgan fingerprint density at radius 3 is 2.03 bits per heavy atom. The van der Waals surface area contributed by atoms with E-state index in [0.717, 1.165) is 25.3 Å². The minimum Gasteiger partial charge on any atom is -0.872 e. The molecule has 0 unspecified atom stereocenters. The summed E-state index contributed by atoms with van der Waals surface area (Å²) in [6, 6.07) is 11.4. The second-order valence-corrected chi connectivity index (χ2v) is 8.77. The molecule has 0 heterocycles. The van der Waals surface area contributed by atoms with Gasteiger partial charge in [0.1, 0.15) is 11.5 Å². The monoisotopic (exact) mass is 458 g/mol. The molecule has 0 aromatic heterocycles. The van der Waals surface area contributed by atoms with Crippen molar-refractivity contribution in [2.24, 2.45) is 0 Å². The summed E-state index contributed by atoms with van der Waals surface area (Å²) in [5.41, 5.74) is 0.661. The van der Waals surface area contributed by atoms with Gasteiger partial charge in [0.2, 0.25) is 0 Å². The molecule has 0 spiro atoms. The van der Waals surface area contributed by atoms with Crippen molar-refractivity contribution in [1.29, 1.82) is 0 Å². The van der Waals surface area contributed by atoms with Crippen LogP contribution < -0.4 is 61.2 Å². The first kappa shape index (κ1) is 27.6. The Kier molecular flexibility index (Phi) is 13.5. The predicted molar refractivity (Wildman–Crippen MR) is 113 cm³/mol. The molecular weight excluding hydrogens is 427 g/mol. The molecule has 0 fully saturated rings. The maximum absolute atomic E-state index is 12.2. The van der Waals surface area contributed by atoms with Gasteiger partial charge in [0, 0.05) is 6.07 Å². The summed E-state index contributed by atoms with van der Waals surface area (Å²) in [7, 11) is -4.60. The SMILES string of the molecule is CCCCCCCCCCCc1cc([O-])c(S(=O)(=O)O)cc1Oc1ccccc1.[K+]. The number of hydrogen-bond acceptors (Lipinski definition) is 4. The normalized spacial score (nSPS) is 11.1. The molecule has 2 aromatic rings. The third-order valence-electron chi connectivity index (χ3n) is 4.93. The van der Waals surface area contributed by atoms with Crippen molar-refractivity contribution in [3.63, 3.8) is 0 Å². The van der Waals surface area contributed by atoms with Crippen LogP contribution in [0, 0.1) is 0 Å². The summed E-state index contributed by atoms with van der Waals surface area (Å²) in [6.07, 6.45) is 11.3. The van der Waals surface area contributed by atoms with Crippen LogP contribution in [0.15, 0.2) is 47.4 Å². The van der Waals surface area contributed by atoms with E-state index in [-0.39, 0.29) is 51.4 Å². The standard InChI is InChI=1S/C23H32O5S.K/c1-2-3-4-5-6-7-8-9-11-14-19-17-21(24)23(29(25,26)27)18-22(19)28-20-15-12-10-13-16-20;/h10,12-13,15-18,24H,2-9,11,14H2,1H3,(H,25,26,27);/q;+1/p-1. The van der Waals surface area contributed by atoms with Gasteiger partial charge in [-0.1, -0.05) is 88.3 Å². The van der Waals surface area contributed by atoms with Crippen molar-refractivity contribution < 1.29 is 74.2 Å². The van der Waals surface area contributed by atoms with Gasteiger partial charge in [0.05, 0.1) is 4.90 Å². The Bertz CT molecular complexity index is 853. The van der Waals surface area contributed by atoms with Crippen LogP contribution in [-0.4, -0.2) is 13.0 Å². The molecule has 0 aliphatic carbocycles. The predicted octanol–water partition coefficient (Wildman–Crippen LogP) is 2.88. The minimum absolute atomic E-state index is 0. The van der Waals surface area contributed by atoms with E-state index in [0.29, 0.717) is 23.5 Å². The third-order valence-corrected chi connectivity index (χ3v) is 5.80. The maximum Gasteiger partial charge on any atom is 1.00 e. The molecule has 30 heavy (non-hydrogen) atoms. The molecule has 7 heteroatoms. The van der Waals surface area contributed by atoms with E-state index in [1.165, 1.54) is 44.6 Å². The molecular formula is C23H31KO5S. The zero-order chi connectivity index (χ0) is 21.1. The minimum atomic E-state index is -4.60. The summed E-state index contributed by atoms with van der Waals surface area (Å²) in [5.74, 6) is 0.127. The van der Waals surface area contributed by atoms with Crippen LogP contribution in [-0.2, 0) is 16.5 Å². The molecule has 0 atom stereocenters. The summed E-state index contributed by atoms with van der Waals surface area (Å²) in [6.45, 7) is 2.21. The Morgan fingerprint density at radius 2 is 1.47 bits per heavy atom. The number of rotatable bonds is 13. The summed E-state index contributed by atoms with van der Waals surface area (Å²) < 4.78 is 38.1. The van der Waals surface area contributed by atoms with Gasteiger partial charge >= 0.3 is 51.4 Å². The van der Waals surface area contributed by atoms with E-state index in [4.69, 9.17) is 4.74 Å². The fraction of sp³-hybridized carbons (Fsp3) is 0.478. The van der Waals surface area contributed by atoms with Crippen LogP contribution in [0.2, 0.25) is 0 Å². The van der Waals surface area contributed by atoms with E-state index in [1.54, 1.807) is 24.3 Å². The van der Waals surface area contributed by atoms with Gasteiger partial charge < -0.3 is 9.84 Å². The molecule has 0 saturated carbocycles. The molecule has 0 radical (unpaired) electrons. The largest absolute Gasteiger partial charge is 1.00 e. The Balaban J connectivity index is 0.00000450. The van der Waals surface area contributed by atoms with E-state index in [1.807, 2.05) is 6.07 Å². The Hall–Kier alpha value is -0.414. The van der Waals surface area contributed by atoms with Gasteiger partial charge in [-0.05, 0) is 30.5 Å². The molecule has 5 nitrogen and oxygen atoms in total. The van der Waals surface area contributed by atoms with Crippen molar-refractivity contribution in [3.8, 4) is 17.2 Å². The number of aryl methyl sites for hydroxylation is 1. The van der Waals surface area contributed by atoms with E-state index >= 15 is 0 Å². The molecule has 160 valence electrons.